The predicted octanol–water partition coefficient (Wildman–Crippen LogP) is 5.10. The largest absolute Gasteiger partial charge is 0.416 e. The van der Waals surface area contributed by atoms with Crippen molar-refractivity contribution in [2.24, 2.45) is 7.05 Å². The number of imidazole rings is 1. The monoisotopic (exact) mass is 477 g/mol. The molecular weight excluding hydrogens is 455 g/mol. The van der Waals surface area contributed by atoms with Gasteiger partial charge in [-0.3, -0.25) is 4.79 Å². The van der Waals surface area contributed by atoms with E-state index in [2.05, 4.69) is 20.6 Å². The number of hydrogen-bond donors (Lipinski definition) is 2. The minimum atomic E-state index is -4.41. The van der Waals surface area contributed by atoms with E-state index in [4.69, 9.17) is 4.74 Å². The number of nitrogens with one attached hydrogen (secondary N) is 2. The molecule has 0 radical (unpaired) electrons. The van der Waals surface area contributed by atoms with Crippen LogP contribution in [0.1, 0.15) is 29.8 Å². The molecule has 0 fully saturated rings. The molecule has 0 aliphatic heterocycles. The van der Waals surface area contributed by atoms with Crippen molar-refractivity contribution in [1.82, 2.24) is 19.9 Å². The molecule has 2 N–H and O–H groups in total. The molecule has 0 aliphatic carbocycles. The number of ether oxygens (including phenoxy) is 1. The van der Waals surface area contributed by atoms with Gasteiger partial charge in [0.2, 0.25) is 5.95 Å². The lowest BCUT2D eigenvalue weighted by molar-refractivity contribution is -0.137. The van der Waals surface area contributed by atoms with E-state index in [1.54, 1.807) is 36.9 Å². The number of rotatable bonds is 6. The Kier molecular flexibility index (Phi) is 5.79. The molecule has 2 heterocycles. The molecule has 4 aromatic rings. The summed E-state index contributed by atoms with van der Waals surface area (Å²) in [5, 5.41) is 6.33. The van der Waals surface area contributed by atoms with Gasteiger partial charge in [-0.1, -0.05) is 11.3 Å². The average Bonchev–Trinajstić information content (AvgIpc) is 3.31. The highest BCUT2D eigenvalue weighted by molar-refractivity contribution is 7.22. The molecule has 0 bridgehead atoms. The van der Waals surface area contributed by atoms with Crippen molar-refractivity contribution in [2.75, 3.05) is 19.0 Å². The zero-order chi connectivity index (χ0) is 24.0. The second-order valence-electron chi connectivity index (χ2n) is 8.17. The fourth-order valence-corrected chi connectivity index (χ4v) is 4.07. The fourth-order valence-electron chi connectivity index (χ4n) is 3.17. The van der Waals surface area contributed by atoms with E-state index < -0.39 is 17.3 Å². The van der Waals surface area contributed by atoms with E-state index in [9.17, 15) is 18.0 Å². The fraction of sp³-hybridized carbons (Fsp3) is 0.318. The Bertz CT molecular complexity index is 1340. The molecule has 174 valence electrons. The van der Waals surface area contributed by atoms with Crippen molar-refractivity contribution < 1.29 is 22.7 Å². The number of benzene rings is 2. The molecule has 2 aromatic heterocycles. The molecule has 1 amide bonds. The summed E-state index contributed by atoms with van der Waals surface area (Å²) in [7, 11) is 3.38. The molecule has 33 heavy (non-hydrogen) atoms. The SMILES string of the molecule is COC(C)(C)CNC(=O)c1ccc2c(c1)nc(Nc1nc3ccc(C(F)(F)F)cc3s1)n2C. The van der Waals surface area contributed by atoms with E-state index in [1.165, 1.54) is 6.07 Å². The molecule has 2 aromatic carbocycles. The van der Waals surface area contributed by atoms with Gasteiger partial charge < -0.3 is 19.9 Å². The number of aryl methyl sites for hydroxylation is 1. The molecule has 0 spiro atoms. The summed E-state index contributed by atoms with van der Waals surface area (Å²) in [6, 6.07) is 8.63. The van der Waals surface area contributed by atoms with Gasteiger partial charge in [0.05, 0.1) is 32.4 Å². The third kappa shape index (κ3) is 4.79. The number of aromatic nitrogens is 3. The van der Waals surface area contributed by atoms with Crippen LogP contribution in [0.2, 0.25) is 0 Å². The number of carbonyl (C=O) groups is 1. The summed E-state index contributed by atoms with van der Waals surface area (Å²) in [4.78, 5) is 21.4. The maximum absolute atomic E-state index is 13.0. The Hall–Kier alpha value is -3.18. The summed E-state index contributed by atoms with van der Waals surface area (Å²) in [5.74, 6) is 0.215. The Balaban J connectivity index is 1.57. The highest BCUT2D eigenvalue weighted by Crippen LogP contribution is 2.35. The highest BCUT2D eigenvalue weighted by Gasteiger charge is 2.30. The predicted molar refractivity (Wildman–Crippen MR) is 122 cm³/mol. The molecule has 11 heteroatoms. The average molecular weight is 478 g/mol. The molecular formula is C22H22F3N5O2S. The number of fused-ring (bicyclic) bond motifs is 2. The number of hydrogen-bond acceptors (Lipinski definition) is 6. The first-order valence-electron chi connectivity index (χ1n) is 10.0. The van der Waals surface area contributed by atoms with Gasteiger partial charge in [0, 0.05) is 26.3 Å². The van der Waals surface area contributed by atoms with Crippen molar-refractivity contribution >= 4 is 49.6 Å². The first-order valence-corrected chi connectivity index (χ1v) is 10.8. The van der Waals surface area contributed by atoms with Gasteiger partial charge in [0.15, 0.2) is 5.13 Å². The molecule has 4 rings (SSSR count). The van der Waals surface area contributed by atoms with Gasteiger partial charge in [0.25, 0.3) is 5.91 Å². The smallest absolute Gasteiger partial charge is 0.377 e. The van der Waals surface area contributed by atoms with Crippen LogP contribution in [0, 0.1) is 0 Å². The molecule has 0 unspecified atom stereocenters. The van der Waals surface area contributed by atoms with Crippen LogP contribution in [0.4, 0.5) is 24.3 Å². The standard InChI is InChI=1S/C22H22F3N5O2S/c1-21(2,32-4)11-26-18(31)12-5-8-16-15(9-12)27-19(30(16)3)29-20-28-14-7-6-13(22(23,24)25)10-17(14)33-20/h5-10H,11H2,1-4H3,(H,26,31)(H,27,28,29). The van der Waals surface area contributed by atoms with Crippen molar-refractivity contribution in [3.63, 3.8) is 0 Å². The van der Waals surface area contributed by atoms with Crippen LogP contribution in [0.3, 0.4) is 0 Å². The third-order valence-corrected chi connectivity index (χ3v) is 6.24. The minimum Gasteiger partial charge on any atom is -0.377 e. The number of amides is 1. The van der Waals surface area contributed by atoms with Gasteiger partial charge in [-0.25, -0.2) is 9.97 Å². The maximum atomic E-state index is 13.0. The number of anilines is 2. The van der Waals surface area contributed by atoms with Gasteiger partial charge in [0.1, 0.15) is 0 Å². The third-order valence-electron chi connectivity index (χ3n) is 5.30. The summed E-state index contributed by atoms with van der Waals surface area (Å²) < 4.78 is 46.5. The Labute approximate surface area is 191 Å². The van der Waals surface area contributed by atoms with Crippen LogP contribution in [-0.2, 0) is 18.0 Å². The van der Waals surface area contributed by atoms with Crippen molar-refractivity contribution in [3.8, 4) is 0 Å². The van der Waals surface area contributed by atoms with E-state index in [0.717, 1.165) is 29.0 Å². The first kappa shape index (κ1) is 23.0. The first-order chi connectivity index (χ1) is 15.5. The van der Waals surface area contributed by atoms with E-state index in [-0.39, 0.29) is 5.91 Å². The minimum absolute atomic E-state index is 0.242. The molecule has 0 atom stereocenters. The van der Waals surface area contributed by atoms with Crippen LogP contribution >= 0.6 is 11.3 Å². The van der Waals surface area contributed by atoms with Crippen LogP contribution in [0.25, 0.3) is 21.3 Å². The van der Waals surface area contributed by atoms with E-state index in [0.29, 0.717) is 38.9 Å². The van der Waals surface area contributed by atoms with Crippen LogP contribution in [0.15, 0.2) is 36.4 Å². The number of halogens is 3. The number of carbonyl (C=O) groups excluding carboxylic acids is 1. The normalized spacial score (nSPS) is 12.5. The van der Waals surface area contributed by atoms with E-state index in [1.807, 2.05) is 13.8 Å². The second-order valence-corrected chi connectivity index (χ2v) is 9.20. The maximum Gasteiger partial charge on any atom is 0.416 e. The Morgan fingerprint density at radius 2 is 1.88 bits per heavy atom. The lowest BCUT2D eigenvalue weighted by Gasteiger charge is -2.23. The zero-order valence-corrected chi connectivity index (χ0v) is 19.2. The van der Waals surface area contributed by atoms with E-state index >= 15 is 0 Å². The van der Waals surface area contributed by atoms with Crippen molar-refractivity contribution in [3.05, 3.63) is 47.5 Å². The quantitative estimate of drug-likeness (QED) is 0.404. The summed E-state index contributed by atoms with van der Waals surface area (Å²) in [6.07, 6.45) is -4.41. The second kappa shape index (κ2) is 8.31. The number of nitrogens with zero attached hydrogens (tertiary/aromatic N) is 3. The van der Waals surface area contributed by atoms with Crippen LogP contribution in [0.5, 0.6) is 0 Å². The number of alkyl halides is 3. The molecule has 0 saturated heterocycles. The number of thiazole rings is 1. The van der Waals surface area contributed by atoms with Crippen LogP contribution < -0.4 is 10.6 Å². The summed E-state index contributed by atoms with van der Waals surface area (Å²) in [6.45, 7) is 4.10. The van der Waals surface area contributed by atoms with Gasteiger partial charge in [-0.2, -0.15) is 13.2 Å². The Morgan fingerprint density at radius 3 is 2.58 bits per heavy atom. The van der Waals surface area contributed by atoms with Crippen LogP contribution in [-0.4, -0.2) is 39.7 Å². The lowest BCUT2D eigenvalue weighted by Crippen LogP contribution is -2.39. The zero-order valence-electron chi connectivity index (χ0n) is 18.4. The number of methoxy groups -OCH3 is 1. The highest BCUT2D eigenvalue weighted by atomic mass is 32.1. The lowest BCUT2D eigenvalue weighted by atomic mass is 10.1. The molecule has 0 aliphatic rings. The summed E-state index contributed by atoms with van der Waals surface area (Å²) in [5.41, 5.74) is 1.10. The van der Waals surface area contributed by atoms with Gasteiger partial charge >= 0.3 is 6.18 Å². The van der Waals surface area contributed by atoms with Gasteiger partial charge in [-0.15, -0.1) is 0 Å². The molecule has 0 saturated carbocycles. The van der Waals surface area contributed by atoms with Crippen molar-refractivity contribution in [2.45, 2.75) is 25.6 Å². The Morgan fingerprint density at radius 1 is 1.12 bits per heavy atom. The molecule has 7 nitrogen and oxygen atoms in total. The topological polar surface area (TPSA) is 81.1 Å². The van der Waals surface area contributed by atoms with Gasteiger partial charge in [-0.05, 0) is 50.2 Å². The van der Waals surface area contributed by atoms with Crippen molar-refractivity contribution in [1.29, 1.82) is 0 Å². The summed E-state index contributed by atoms with van der Waals surface area (Å²) >= 11 is 1.11.